The fourth-order valence-electron chi connectivity index (χ4n) is 3.86. The summed E-state index contributed by atoms with van der Waals surface area (Å²) in [7, 11) is 0. The summed E-state index contributed by atoms with van der Waals surface area (Å²) in [5.41, 5.74) is 3.30. The second kappa shape index (κ2) is 7.40. The van der Waals surface area contributed by atoms with E-state index in [0.29, 0.717) is 18.9 Å². The molecule has 0 saturated carbocycles. The van der Waals surface area contributed by atoms with Crippen molar-refractivity contribution in [2.75, 3.05) is 13.1 Å². The van der Waals surface area contributed by atoms with E-state index in [1.807, 2.05) is 6.07 Å². The summed E-state index contributed by atoms with van der Waals surface area (Å²) >= 11 is 0. The maximum atomic E-state index is 12.2. The molecule has 0 spiro atoms. The van der Waals surface area contributed by atoms with Crippen LogP contribution in [0.3, 0.4) is 0 Å². The van der Waals surface area contributed by atoms with E-state index in [9.17, 15) is 4.79 Å². The second-order valence-electron chi connectivity index (χ2n) is 7.21. The van der Waals surface area contributed by atoms with Crippen molar-refractivity contribution < 1.29 is 4.79 Å². The van der Waals surface area contributed by atoms with Gasteiger partial charge in [-0.3, -0.25) is 4.79 Å². The topological polar surface area (TPSA) is 59.0 Å². The fourth-order valence-corrected chi connectivity index (χ4v) is 3.86. The zero-order valence-electron chi connectivity index (χ0n) is 14.6. The predicted molar refractivity (Wildman–Crippen MR) is 98.0 cm³/mol. The Hall–Kier alpha value is -2.14. The van der Waals surface area contributed by atoms with Crippen LogP contribution in [0.15, 0.2) is 30.5 Å². The third-order valence-electron chi connectivity index (χ3n) is 5.30. The third kappa shape index (κ3) is 3.93. The van der Waals surface area contributed by atoms with Crippen LogP contribution in [0.5, 0.6) is 0 Å². The number of nitrogens with one attached hydrogen (secondary N) is 2. The van der Waals surface area contributed by atoms with Gasteiger partial charge in [0.25, 0.3) is 0 Å². The van der Waals surface area contributed by atoms with Crippen molar-refractivity contribution in [2.24, 2.45) is 5.92 Å². The molecule has 0 atom stereocenters. The predicted octanol–water partition coefficient (Wildman–Crippen LogP) is 2.50. The van der Waals surface area contributed by atoms with Gasteiger partial charge in [0.1, 0.15) is 5.82 Å². The van der Waals surface area contributed by atoms with Crippen molar-refractivity contribution >= 4 is 5.91 Å². The number of benzene rings is 1. The zero-order chi connectivity index (χ0) is 17.1. The Kier molecular flexibility index (Phi) is 4.83. The van der Waals surface area contributed by atoms with Crippen LogP contribution < -0.4 is 10.6 Å². The Bertz CT molecular complexity index is 724. The zero-order valence-corrected chi connectivity index (χ0v) is 14.6. The van der Waals surface area contributed by atoms with Gasteiger partial charge in [-0.05, 0) is 49.9 Å². The Morgan fingerprint density at radius 3 is 3.04 bits per heavy atom. The lowest BCUT2D eigenvalue weighted by molar-refractivity contribution is -0.122. The van der Waals surface area contributed by atoms with Gasteiger partial charge in [-0.15, -0.1) is 0 Å². The Morgan fingerprint density at radius 1 is 1.32 bits per heavy atom. The molecular weight excluding hydrogens is 312 g/mol. The van der Waals surface area contributed by atoms with Crippen molar-refractivity contribution in [3.8, 4) is 11.3 Å². The second-order valence-corrected chi connectivity index (χ2v) is 7.21. The molecule has 2 aromatic rings. The minimum atomic E-state index is 0.165. The van der Waals surface area contributed by atoms with Crippen LogP contribution in [-0.4, -0.2) is 28.5 Å². The molecule has 1 saturated heterocycles. The van der Waals surface area contributed by atoms with Crippen molar-refractivity contribution in [1.29, 1.82) is 0 Å². The molecule has 1 aromatic carbocycles. The van der Waals surface area contributed by atoms with E-state index in [-0.39, 0.29) is 5.91 Å². The highest BCUT2D eigenvalue weighted by molar-refractivity contribution is 5.76. The first kappa shape index (κ1) is 16.3. The minimum absolute atomic E-state index is 0.165. The number of hydrogen-bond donors (Lipinski definition) is 2. The molecule has 2 aliphatic rings. The maximum absolute atomic E-state index is 12.2. The lowest BCUT2D eigenvalue weighted by Crippen LogP contribution is -2.32. The fraction of sp³-hybridized carbons (Fsp3) is 0.500. The van der Waals surface area contributed by atoms with E-state index in [0.717, 1.165) is 55.7 Å². The Morgan fingerprint density at radius 2 is 2.20 bits per heavy atom. The van der Waals surface area contributed by atoms with Crippen LogP contribution in [0.1, 0.15) is 37.1 Å². The van der Waals surface area contributed by atoms with Crippen molar-refractivity contribution in [1.82, 2.24) is 20.2 Å². The number of imidazole rings is 1. The van der Waals surface area contributed by atoms with Crippen molar-refractivity contribution in [3.05, 3.63) is 41.9 Å². The Labute approximate surface area is 148 Å². The highest BCUT2D eigenvalue weighted by Gasteiger charge is 2.17. The number of rotatable bonds is 5. The highest BCUT2D eigenvalue weighted by Crippen LogP contribution is 2.23. The molecule has 1 fully saturated rings. The van der Waals surface area contributed by atoms with E-state index in [1.165, 1.54) is 12.2 Å². The number of aryl methyl sites for hydroxylation is 2. The summed E-state index contributed by atoms with van der Waals surface area (Å²) in [6.45, 7) is 3.74. The summed E-state index contributed by atoms with van der Waals surface area (Å²) in [5.74, 6) is 1.88. The van der Waals surface area contributed by atoms with Crippen LogP contribution in [0.25, 0.3) is 11.3 Å². The molecule has 132 valence electrons. The molecule has 3 heterocycles. The van der Waals surface area contributed by atoms with Gasteiger partial charge in [-0.1, -0.05) is 18.2 Å². The first-order valence-corrected chi connectivity index (χ1v) is 9.41. The van der Waals surface area contributed by atoms with Crippen molar-refractivity contribution in [3.63, 3.8) is 0 Å². The largest absolute Gasteiger partial charge is 0.352 e. The first-order valence-electron chi connectivity index (χ1n) is 9.41. The molecule has 4 rings (SSSR count). The monoisotopic (exact) mass is 338 g/mol. The molecule has 0 radical (unpaired) electrons. The van der Waals surface area contributed by atoms with Crippen LogP contribution >= 0.6 is 0 Å². The number of carbonyl (C=O) groups excluding carboxylic acids is 1. The molecule has 25 heavy (non-hydrogen) atoms. The standard InChI is InChI=1S/C20H26N4O/c25-20(12-15-6-8-21-9-7-15)22-13-16-3-1-4-17(11-16)18-14-24-10-2-5-19(24)23-18/h1,3-4,11,14-15,21H,2,5-10,12-13H2,(H,22,25). The van der Waals surface area contributed by atoms with Gasteiger partial charge in [0, 0.05) is 37.7 Å². The molecule has 2 N–H and O–H groups in total. The van der Waals surface area contributed by atoms with Crippen LogP contribution in [-0.2, 0) is 24.3 Å². The highest BCUT2D eigenvalue weighted by atomic mass is 16.1. The molecule has 5 nitrogen and oxygen atoms in total. The van der Waals surface area contributed by atoms with E-state index < -0.39 is 0 Å². The van der Waals surface area contributed by atoms with Gasteiger partial charge < -0.3 is 15.2 Å². The van der Waals surface area contributed by atoms with Gasteiger partial charge in [0.05, 0.1) is 5.69 Å². The van der Waals surface area contributed by atoms with E-state index >= 15 is 0 Å². The molecule has 0 unspecified atom stereocenters. The summed E-state index contributed by atoms with van der Waals surface area (Å²) < 4.78 is 2.25. The lowest BCUT2D eigenvalue weighted by atomic mass is 9.94. The number of fused-ring (bicyclic) bond motifs is 1. The maximum Gasteiger partial charge on any atom is 0.220 e. The van der Waals surface area contributed by atoms with Crippen molar-refractivity contribution in [2.45, 2.75) is 45.2 Å². The number of hydrogen-bond acceptors (Lipinski definition) is 3. The smallest absolute Gasteiger partial charge is 0.220 e. The molecule has 5 heteroatoms. The SMILES string of the molecule is O=C(CC1CCNCC1)NCc1cccc(-c2cn3c(n2)CCC3)c1. The summed E-state index contributed by atoms with van der Waals surface area (Å²) in [4.78, 5) is 16.9. The number of aromatic nitrogens is 2. The number of carbonyl (C=O) groups is 1. The van der Waals surface area contributed by atoms with E-state index in [1.54, 1.807) is 0 Å². The summed E-state index contributed by atoms with van der Waals surface area (Å²) in [5, 5.41) is 6.42. The Balaban J connectivity index is 1.35. The van der Waals surface area contributed by atoms with Crippen LogP contribution in [0.2, 0.25) is 0 Å². The van der Waals surface area contributed by atoms with Crippen LogP contribution in [0.4, 0.5) is 0 Å². The van der Waals surface area contributed by atoms with E-state index in [4.69, 9.17) is 4.98 Å². The van der Waals surface area contributed by atoms with E-state index in [2.05, 4.69) is 39.6 Å². The van der Waals surface area contributed by atoms with Crippen LogP contribution in [0, 0.1) is 5.92 Å². The lowest BCUT2D eigenvalue weighted by Gasteiger charge is -2.21. The molecule has 2 aliphatic heterocycles. The summed E-state index contributed by atoms with van der Waals surface area (Å²) in [6.07, 6.45) is 7.28. The molecule has 0 aliphatic carbocycles. The minimum Gasteiger partial charge on any atom is -0.352 e. The van der Waals surface area contributed by atoms with Gasteiger partial charge >= 0.3 is 0 Å². The quantitative estimate of drug-likeness (QED) is 0.881. The summed E-state index contributed by atoms with van der Waals surface area (Å²) in [6, 6.07) is 8.35. The van der Waals surface area contributed by atoms with Gasteiger partial charge in [0.15, 0.2) is 0 Å². The average Bonchev–Trinajstić information content (AvgIpc) is 3.23. The molecule has 0 bridgehead atoms. The van der Waals surface area contributed by atoms with Gasteiger partial charge in [0.2, 0.25) is 5.91 Å². The number of amides is 1. The molecule has 1 amide bonds. The number of nitrogens with zero attached hydrogens (tertiary/aromatic N) is 2. The number of piperidine rings is 1. The average molecular weight is 338 g/mol. The molecule has 1 aromatic heterocycles. The van der Waals surface area contributed by atoms with Gasteiger partial charge in [-0.2, -0.15) is 0 Å². The first-order chi connectivity index (χ1) is 12.3. The molecular formula is C20H26N4O. The van der Waals surface area contributed by atoms with Gasteiger partial charge in [-0.25, -0.2) is 4.98 Å². The third-order valence-corrected chi connectivity index (χ3v) is 5.30. The normalized spacial score (nSPS) is 17.4.